The molecule has 0 saturated carbocycles. The highest BCUT2D eigenvalue weighted by Gasteiger charge is 2.38. The van der Waals surface area contributed by atoms with Crippen molar-refractivity contribution in [3.8, 4) is 5.75 Å². The number of rotatable bonds is 4. The summed E-state index contributed by atoms with van der Waals surface area (Å²) in [5.41, 5.74) is 2.14. The Bertz CT molecular complexity index is 539. The topological polar surface area (TPSA) is 55.4 Å². The zero-order valence-corrected chi connectivity index (χ0v) is 11.8. The molecule has 0 bridgehead atoms. The molecule has 0 radical (unpaired) electrons. The summed E-state index contributed by atoms with van der Waals surface area (Å²) in [5, 5.41) is 2.90. The Morgan fingerprint density at radius 3 is 2.72 bits per heavy atom. The molecule has 1 aromatic carbocycles. The number of ether oxygens (including phenoxy) is 1. The number of benzene rings is 1. The van der Waals surface area contributed by atoms with Crippen molar-refractivity contribution in [1.82, 2.24) is 5.32 Å². The van der Waals surface area contributed by atoms with E-state index in [0.29, 0.717) is 6.42 Å². The summed E-state index contributed by atoms with van der Waals surface area (Å²) < 4.78 is 29.0. The van der Waals surface area contributed by atoms with Crippen molar-refractivity contribution in [1.29, 1.82) is 0 Å². The zero-order chi connectivity index (χ0) is 13.3. The zero-order valence-electron chi connectivity index (χ0n) is 10.9. The fourth-order valence-electron chi connectivity index (χ4n) is 2.57. The first-order valence-corrected chi connectivity index (χ1v) is 8.02. The lowest BCUT2D eigenvalue weighted by Gasteiger charge is -2.20. The fourth-order valence-corrected chi connectivity index (χ4v) is 3.79. The van der Waals surface area contributed by atoms with Gasteiger partial charge in [0, 0.05) is 12.3 Å². The van der Waals surface area contributed by atoms with Crippen LogP contribution in [0.5, 0.6) is 5.75 Å². The van der Waals surface area contributed by atoms with Gasteiger partial charge in [0.2, 0.25) is 0 Å². The lowest BCUT2D eigenvalue weighted by Crippen LogP contribution is -2.34. The van der Waals surface area contributed by atoms with E-state index in [0.717, 1.165) is 23.4 Å². The van der Waals surface area contributed by atoms with Crippen molar-refractivity contribution in [2.24, 2.45) is 0 Å². The maximum atomic E-state index is 11.9. The average Bonchev–Trinajstić information content (AvgIpc) is 2.68. The summed E-state index contributed by atoms with van der Waals surface area (Å²) in [5.74, 6) is 0.769. The number of nitrogens with one attached hydrogen (secondary N) is 1. The first-order chi connectivity index (χ1) is 8.47. The molecule has 1 aromatic rings. The molecule has 0 aliphatic heterocycles. The normalized spacial score (nSPS) is 22.8. The van der Waals surface area contributed by atoms with E-state index in [9.17, 15) is 8.42 Å². The van der Waals surface area contributed by atoms with E-state index in [1.807, 2.05) is 25.1 Å². The third-order valence-corrected chi connectivity index (χ3v) is 4.99. The smallest absolute Gasteiger partial charge is 0.152 e. The SMILES string of the molecule is CCNC1c2cc(OC)ccc2CC1S(C)(=O)=O. The summed E-state index contributed by atoms with van der Waals surface area (Å²) in [7, 11) is -1.45. The first kappa shape index (κ1) is 13.4. The quantitative estimate of drug-likeness (QED) is 0.895. The molecule has 0 fully saturated rings. The Labute approximate surface area is 108 Å². The summed E-state index contributed by atoms with van der Waals surface area (Å²) in [6.07, 6.45) is 1.89. The molecular weight excluding hydrogens is 250 g/mol. The standard InChI is InChI=1S/C13H19NO3S/c1-4-14-13-11-8-10(17-2)6-5-9(11)7-12(13)18(3,15)16/h5-6,8,12-14H,4,7H2,1-3H3. The van der Waals surface area contributed by atoms with Crippen molar-refractivity contribution >= 4 is 9.84 Å². The monoisotopic (exact) mass is 269 g/mol. The van der Waals surface area contributed by atoms with Crippen LogP contribution in [0.1, 0.15) is 24.1 Å². The molecule has 2 atom stereocenters. The molecule has 0 aromatic heterocycles. The third kappa shape index (κ3) is 2.37. The molecule has 1 aliphatic carbocycles. The molecule has 1 aliphatic rings. The van der Waals surface area contributed by atoms with Crippen LogP contribution >= 0.6 is 0 Å². The van der Waals surface area contributed by atoms with Gasteiger partial charge in [0.15, 0.2) is 9.84 Å². The number of methoxy groups -OCH3 is 1. The second-order valence-corrected chi connectivity index (χ2v) is 6.94. The molecule has 0 amide bonds. The molecule has 2 unspecified atom stereocenters. The van der Waals surface area contributed by atoms with E-state index >= 15 is 0 Å². The molecule has 1 N–H and O–H groups in total. The Balaban J connectivity index is 2.44. The van der Waals surface area contributed by atoms with Crippen molar-refractivity contribution in [3.63, 3.8) is 0 Å². The largest absolute Gasteiger partial charge is 0.497 e. The predicted octanol–water partition coefficient (Wildman–Crippen LogP) is 1.32. The Kier molecular flexibility index (Phi) is 3.64. The van der Waals surface area contributed by atoms with Crippen LogP contribution in [0.2, 0.25) is 0 Å². The van der Waals surface area contributed by atoms with E-state index in [4.69, 9.17) is 4.74 Å². The van der Waals surface area contributed by atoms with Gasteiger partial charge in [-0.25, -0.2) is 8.42 Å². The van der Waals surface area contributed by atoms with E-state index in [1.54, 1.807) is 7.11 Å². The number of hydrogen-bond acceptors (Lipinski definition) is 4. The Morgan fingerprint density at radius 2 is 2.17 bits per heavy atom. The highest BCUT2D eigenvalue weighted by atomic mass is 32.2. The van der Waals surface area contributed by atoms with Gasteiger partial charge in [-0.1, -0.05) is 13.0 Å². The summed E-state index contributed by atoms with van der Waals surface area (Å²) in [4.78, 5) is 0. The van der Waals surface area contributed by atoms with E-state index in [2.05, 4.69) is 5.32 Å². The third-order valence-electron chi connectivity index (χ3n) is 3.45. The van der Waals surface area contributed by atoms with Crippen LogP contribution in [0, 0.1) is 0 Å². The van der Waals surface area contributed by atoms with Crippen LogP contribution in [0.4, 0.5) is 0 Å². The maximum Gasteiger partial charge on any atom is 0.152 e. The van der Waals surface area contributed by atoms with Gasteiger partial charge in [-0.05, 0) is 36.2 Å². The minimum Gasteiger partial charge on any atom is -0.497 e. The fraction of sp³-hybridized carbons (Fsp3) is 0.538. The maximum absolute atomic E-state index is 11.9. The van der Waals surface area contributed by atoms with Gasteiger partial charge >= 0.3 is 0 Å². The summed E-state index contributed by atoms with van der Waals surface area (Å²) in [6, 6.07) is 5.65. The van der Waals surface area contributed by atoms with E-state index in [-0.39, 0.29) is 11.3 Å². The van der Waals surface area contributed by atoms with Gasteiger partial charge in [-0.15, -0.1) is 0 Å². The molecule has 0 heterocycles. The molecule has 4 nitrogen and oxygen atoms in total. The van der Waals surface area contributed by atoms with Gasteiger partial charge in [-0.3, -0.25) is 0 Å². The molecule has 2 rings (SSSR count). The van der Waals surface area contributed by atoms with Crippen LogP contribution in [-0.4, -0.2) is 33.6 Å². The van der Waals surface area contributed by atoms with Crippen LogP contribution < -0.4 is 10.1 Å². The first-order valence-electron chi connectivity index (χ1n) is 6.06. The van der Waals surface area contributed by atoms with Crippen molar-refractivity contribution in [2.75, 3.05) is 19.9 Å². The molecule has 0 saturated heterocycles. The van der Waals surface area contributed by atoms with Crippen LogP contribution in [-0.2, 0) is 16.3 Å². The number of hydrogen-bond donors (Lipinski definition) is 1. The van der Waals surface area contributed by atoms with Gasteiger partial charge in [0.25, 0.3) is 0 Å². The lowest BCUT2D eigenvalue weighted by atomic mass is 10.1. The van der Waals surface area contributed by atoms with Gasteiger partial charge in [-0.2, -0.15) is 0 Å². The van der Waals surface area contributed by atoms with E-state index < -0.39 is 9.84 Å². The van der Waals surface area contributed by atoms with Gasteiger partial charge < -0.3 is 10.1 Å². The Hall–Kier alpha value is -1.07. The second kappa shape index (κ2) is 4.90. The van der Waals surface area contributed by atoms with Crippen LogP contribution in [0.15, 0.2) is 18.2 Å². The summed E-state index contributed by atoms with van der Waals surface area (Å²) >= 11 is 0. The predicted molar refractivity (Wildman–Crippen MR) is 71.7 cm³/mol. The minimum atomic E-state index is -3.06. The van der Waals surface area contributed by atoms with Gasteiger partial charge in [0.05, 0.1) is 12.4 Å². The van der Waals surface area contributed by atoms with Crippen molar-refractivity contribution in [3.05, 3.63) is 29.3 Å². The molecule has 18 heavy (non-hydrogen) atoms. The average molecular weight is 269 g/mol. The second-order valence-electron chi connectivity index (χ2n) is 4.67. The van der Waals surface area contributed by atoms with Crippen molar-refractivity contribution in [2.45, 2.75) is 24.6 Å². The highest BCUT2D eigenvalue weighted by molar-refractivity contribution is 7.91. The molecule has 0 spiro atoms. The van der Waals surface area contributed by atoms with Gasteiger partial charge in [0.1, 0.15) is 5.75 Å². The highest BCUT2D eigenvalue weighted by Crippen LogP contribution is 2.37. The summed E-state index contributed by atoms with van der Waals surface area (Å²) in [6.45, 7) is 2.73. The van der Waals surface area contributed by atoms with Crippen LogP contribution in [0.3, 0.4) is 0 Å². The Morgan fingerprint density at radius 1 is 1.44 bits per heavy atom. The minimum absolute atomic E-state index is 0.130. The number of fused-ring (bicyclic) bond motifs is 1. The van der Waals surface area contributed by atoms with Crippen molar-refractivity contribution < 1.29 is 13.2 Å². The molecule has 5 heteroatoms. The number of sulfone groups is 1. The lowest BCUT2D eigenvalue weighted by molar-refractivity contribution is 0.413. The van der Waals surface area contributed by atoms with E-state index in [1.165, 1.54) is 6.26 Å². The molecular formula is C13H19NO3S. The molecule has 100 valence electrons. The van der Waals surface area contributed by atoms with Crippen LogP contribution in [0.25, 0.3) is 0 Å².